The zero-order valence-electron chi connectivity index (χ0n) is 11.4. The Labute approximate surface area is 132 Å². The Hall–Kier alpha value is -0.657. The predicted octanol–water partition coefficient (Wildman–Crippen LogP) is 5.03. The number of hydrogen-bond acceptors (Lipinski definition) is 1. The van der Waals surface area contributed by atoms with Gasteiger partial charge in [-0.15, -0.1) is 5.56 Å². The van der Waals surface area contributed by atoms with E-state index >= 15 is 0 Å². The van der Waals surface area contributed by atoms with Crippen LogP contribution in [0.3, 0.4) is 0 Å². The van der Waals surface area contributed by atoms with E-state index < -0.39 is 0 Å². The van der Waals surface area contributed by atoms with Crippen molar-refractivity contribution in [1.82, 2.24) is 0 Å². The molecule has 2 rings (SSSR count). The van der Waals surface area contributed by atoms with Gasteiger partial charge in [0.1, 0.15) is 5.75 Å². The van der Waals surface area contributed by atoms with Crippen LogP contribution in [-0.4, -0.2) is 0 Å². The van der Waals surface area contributed by atoms with Gasteiger partial charge in [-0.25, -0.2) is 0 Å². The summed E-state index contributed by atoms with van der Waals surface area (Å²) in [5, 5.41) is 0. The molecule has 2 aromatic rings. The van der Waals surface area contributed by atoms with Crippen molar-refractivity contribution in [2.45, 2.75) is 26.4 Å². The molecule has 96 valence electrons. The van der Waals surface area contributed by atoms with Gasteiger partial charge in [-0.05, 0) is 17.5 Å². The van der Waals surface area contributed by atoms with Crippen LogP contribution in [0.1, 0.15) is 30.9 Å². The van der Waals surface area contributed by atoms with Crippen molar-refractivity contribution in [1.29, 1.82) is 0 Å². The fraction of sp³-hybridized carbons (Fsp3) is 0.250. The summed E-state index contributed by atoms with van der Waals surface area (Å²) in [7, 11) is 0. The maximum atomic E-state index is 5.86. The molecule has 0 aliphatic carbocycles. The molecule has 0 N–H and O–H groups in total. The zero-order valence-corrected chi connectivity index (χ0v) is 15.9. The first-order chi connectivity index (χ1) is 9.27. The predicted molar refractivity (Wildman–Crippen MR) is 79.1 cm³/mol. The summed E-state index contributed by atoms with van der Waals surface area (Å²) < 4.78 is 5.86. The van der Waals surface area contributed by atoms with Gasteiger partial charge in [0, 0.05) is 0 Å². The molecule has 0 unspecified atom stereocenters. The number of hydrogen-bond donors (Lipinski definition) is 0. The average Bonchev–Trinajstić information content (AvgIpc) is 2.48. The van der Waals surface area contributed by atoms with Crippen molar-refractivity contribution in [2.75, 3.05) is 0 Å². The van der Waals surface area contributed by atoms with Crippen molar-refractivity contribution >= 4 is 13.6 Å². The summed E-state index contributed by atoms with van der Waals surface area (Å²) in [6.07, 6.45) is 0. The van der Waals surface area contributed by atoms with E-state index in [1.54, 1.807) is 0 Å². The van der Waals surface area contributed by atoms with Gasteiger partial charge in [0.05, 0.1) is 6.61 Å². The Morgan fingerprint density at radius 3 is 2.53 bits per heavy atom. The van der Waals surface area contributed by atoms with E-state index in [0.29, 0.717) is 12.5 Å². The summed E-state index contributed by atoms with van der Waals surface area (Å²) >= 11 is 4.25. The van der Waals surface area contributed by atoms with E-state index in [-0.39, 0.29) is 0 Å². The van der Waals surface area contributed by atoms with Crippen LogP contribution in [0.4, 0.5) is 0 Å². The molecule has 0 bridgehead atoms. The average molecular weight is 371 g/mol. The van der Waals surface area contributed by atoms with Crippen molar-refractivity contribution in [3.63, 3.8) is 0 Å². The van der Waals surface area contributed by atoms with Gasteiger partial charge in [-0.2, -0.15) is 30.3 Å². The topological polar surface area (TPSA) is 9.23 Å². The molecule has 0 heterocycles. The van der Waals surface area contributed by atoms with E-state index in [9.17, 15) is 0 Å². The molecule has 3 heteroatoms. The minimum atomic E-state index is 0.480. The fourth-order valence-corrected chi connectivity index (χ4v) is 1.77. The van der Waals surface area contributed by atoms with Crippen LogP contribution < -0.4 is 4.74 Å². The third-order valence-electron chi connectivity index (χ3n) is 2.71. The second-order valence-corrected chi connectivity index (χ2v) is 4.39. The second-order valence-electron chi connectivity index (χ2n) is 4.39. The number of benzene rings is 2. The molecule has 19 heavy (non-hydrogen) atoms. The van der Waals surface area contributed by atoms with Crippen LogP contribution in [0.15, 0.2) is 48.5 Å². The van der Waals surface area contributed by atoms with Crippen LogP contribution in [0.2, 0.25) is 0 Å². The second kappa shape index (κ2) is 9.28. The molecule has 0 aliphatic rings. The molecule has 2 aromatic carbocycles. The van der Waals surface area contributed by atoms with E-state index in [4.69, 9.17) is 4.74 Å². The van der Waals surface area contributed by atoms with Gasteiger partial charge in [0.25, 0.3) is 0 Å². The number of halogens is 1. The molecular formula is C16H17BrOZn. The molecule has 0 saturated carbocycles. The standard InChI is InChI=1S/C16H17O.BrH.Zn/c1-13(2)15-10-6-7-11-16(15)17-12-14-8-4-3-5-9-14;;/h3-4,6-11,13H,12H2,1-2H3;1H;/q-1;;+2/p-1. The van der Waals surface area contributed by atoms with Crippen LogP contribution in [0, 0.1) is 6.07 Å². The Bertz CT molecular complexity index is 471. The number of rotatable bonds is 4. The van der Waals surface area contributed by atoms with Crippen molar-refractivity contribution in [3.8, 4) is 5.75 Å². The summed E-state index contributed by atoms with van der Waals surface area (Å²) in [6.45, 7) is 4.96. The summed E-state index contributed by atoms with van der Waals surface area (Å²) in [5.74, 6) is 1.46. The molecule has 0 fully saturated rings. The molecule has 0 aliphatic heterocycles. The SMILES string of the molecule is CC(C)c1ccccc1OCc1c[c-]ccc1.[Zn+][Br]. The number of para-hydroxylation sites is 1. The van der Waals surface area contributed by atoms with Gasteiger partial charge in [-0.1, -0.05) is 32.0 Å². The van der Waals surface area contributed by atoms with Crippen LogP contribution in [0.5, 0.6) is 5.75 Å². The molecule has 0 aromatic heterocycles. The molecule has 0 radical (unpaired) electrons. The van der Waals surface area contributed by atoms with E-state index in [1.165, 1.54) is 21.9 Å². The van der Waals surface area contributed by atoms with E-state index in [0.717, 1.165) is 11.3 Å². The van der Waals surface area contributed by atoms with Crippen LogP contribution >= 0.6 is 13.6 Å². The molecule has 0 spiro atoms. The third-order valence-corrected chi connectivity index (χ3v) is 2.71. The number of ether oxygens (including phenoxy) is 1. The third kappa shape index (κ3) is 5.46. The van der Waals surface area contributed by atoms with E-state index in [1.807, 2.05) is 30.3 Å². The molecule has 1 nitrogen and oxygen atoms in total. The minimum absolute atomic E-state index is 0.480. The van der Waals surface area contributed by atoms with Crippen molar-refractivity contribution in [3.05, 3.63) is 65.7 Å². The monoisotopic (exact) mass is 368 g/mol. The first-order valence-corrected chi connectivity index (χ1v) is 13.2. The molecule has 0 saturated heterocycles. The first-order valence-electron chi connectivity index (χ1n) is 6.21. The first kappa shape index (κ1) is 16.4. The molecule has 0 amide bonds. The van der Waals surface area contributed by atoms with Crippen molar-refractivity contribution < 1.29 is 21.1 Å². The van der Waals surface area contributed by atoms with Gasteiger partial charge >= 0.3 is 30.0 Å². The Kier molecular flexibility index (Phi) is 8.01. The Morgan fingerprint density at radius 1 is 1.16 bits per heavy atom. The van der Waals surface area contributed by atoms with Gasteiger partial charge in [0.15, 0.2) is 0 Å². The molecular weight excluding hydrogens is 353 g/mol. The summed E-state index contributed by atoms with van der Waals surface area (Å²) in [6, 6.07) is 19.2. The molecule has 0 atom stereocenters. The van der Waals surface area contributed by atoms with Crippen LogP contribution in [-0.2, 0) is 22.9 Å². The van der Waals surface area contributed by atoms with Crippen molar-refractivity contribution in [2.24, 2.45) is 0 Å². The Morgan fingerprint density at radius 2 is 1.89 bits per heavy atom. The maximum absolute atomic E-state index is 5.86. The quantitative estimate of drug-likeness (QED) is 0.542. The van der Waals surface area contributed by atoms with E-state index in [2.05, 4.69) is 51.7 Å². The van der Waals surface area contributed by atoms with Gasteiger partial charge in [0.2, 0.25) is 0 Å². The van der Waals surface area contributed by atoms with Crippen LogP contribution in [0.25, 0.3) is 0 Å². The zero-order chi connectivity index (χ0) is 14.1. The summed E-state index contributed by atoms with van der Waals surface area (Å²) in [4.78, 5) is 0. The summed E-state index contributed by atoms with van der Waals surface area (Å²) in [5.41, 5.74) is 2.40. The Balaban J connectivity index is 0.000000861. The van der Waals surface area contributed by atoms with Gasteiger partial charge < -0.3 is 4.74 Å². The fourth-order valence-electron chi connectivity index (χ4n) is 1.77. The van der Waals surface area contributed by atoms with Gasteiger partial charge in [-0.3, -0.25) is 0 Å². The normalized spacial score (nSPS) is 9.79.